The third kappa shape index (κ3) is 3.51. The van der Waals surface area contributed by atoms with Crippen LogP contribution in [0, 0.1) is 5.82 Å². The van der Waals surface area contributed by atoms with Crippen LogP contribution in [-0.2, 0) is 0 Å². The van der Waals surface area contributed by atoms with Crippen LogP contribution in [0.2, 0.25) is 0 Å². The molecule has 0 spiro atoms. The van der Waals surface area contributed by atoms with Crippen molar-refractivity contribution in [2.75, 3.05) is 20.1 Å². The van der Waals surface area contributed by atoms with Crippen molar-refractivity contribution in [3.05, 3.63) is 35.6 Å². The zero-order chi connectivity index (χ0) is 12.3. The van der Waals surface area contributed by atoms with Crippen LogP contribution < -0.4 is 5.32 Å². The van der Waals surface area contributed by atoms with E-state index in [2.05, 4.69) is 24.2 Å². The first-order chi connectivity index (χ1) is 8.15. The molecule has 3 heteroatoms. The van der Waals surface area contributed by atoms with Crippen molar-refractivity contribution in [1.29, 1.82) is 0 Å². The molecular formula is C14H21FN2. The SMILES string of the molecule is C[C@@H](NC1CCN(C)CC1)c1ccc(F)cc1. The number of hydrogen-bond acceptors (Lipinski definition) is 2. The summed E-state index contributed by atoms with van der Waals surface area (Å²) in [4.78, 5) is 2.36. The van der Waals surface area contributed by atoms with E-state index in [0.717, 1.165) is 18.7 Å². The predicted molar refractivity (Wildman–Crippen MR) is 68.5 cm³/mol. The van der Waals surface area contributed by atoms with Gasteiger partial charge >= 0.3 is 0 Å². The average molecular weight is 236 g/mol. The minimum Gasteiger partial charge on any atom is -0.307 e. The summed E-state index contributed by atoms with van der Waals surface area (Å²) in [6.45, 7) is 4.47. The second-order valence-electron chi connectivity index (χ2n) is 5.02. The van der Waals surface area contributed by atoms with Gasteiger partial charge in [0.1, 0.15) is 5.82 Å². The zero-order valence-corrected chi connectivity index (χ0v) is 10.6. The molecule has 0 unspecified atom stereocenters. The van der Waals surface area contributed by atoms with E-state index >= 15 is 0 Å². The van der Waals surface area contributed by atoms with Crippen molar-refractivity contribution >= 4 is 0 Å². The fourth-order valence-electron chi connectivity index (χ4n) is 2.38. The first-order valence-electron chi connectivity index (χ1n) is 6.35. The van der Waals surface area contributed by atoms with E-state index in [-0.39, 0.29) is 5.82 Å². The fraction of sp³-hybridized carbons (Fsp3) is 0.571. The highest BCUT2D eigenvalue weighted by Gasteiger charge is 2.18. The number of benzene rings is 1. The molecule has 1 N–H and O–H groups in total. The quantitative estimate of drug-likeness (QED) is 0.867. The smallest absolute Gasteiger partial charge is 0.123 e. The minimum atomic E-state index is -0.166. The number of halogens is 1. The molecule has 2 rings (SSSR count). The third-order valence-electron chi connectivity index (χ3n) is 3.57. The summed E-state index contributed by atoms with van der Waals surface area (Å²) in [5.41, 5.74) is 1.16. The molecule has 1 aliphatic rings. The molecule has 2 nitrogen and oxygen atoms in total. The van der Waals surface area contributed by atoms with Gasteiger partial charge in [0, 0.05) is 12.1 Å². The second-order valence-corrected chi connectivity index (χ2v) is 5.02. The molecular weight excluding hydrogens is 215 g/mol. The number of nitrogens with one attached hydrogen (secondary N) is 1. The first kappa shape index (κ1) is 12.5. The van der Waals surface area contributed by atoms with Crippen molar-refractivity contribution in [2.24, 2.45) is 0 Å². The van der Waals surface area contributed by atoms with E-state index in [1.165, 1.54) is 25.0 Å². The highest BCUT2D eigenvalue weighted by atomic mass is 19.1. The van der Waals surface area contributed by atoms with E-state index < -0.39 is 0 Å². The molecule has 0 amide bonds. The molecule has 1 fully saturated rings. The highest BCUT2D eigenvalue weighted by molar-refractivity contribution is 5.19. The molecule has 0 radical (unpaired) electrons. The molecule has 0 aliphatic carbocycles. The maximum Gasteiger partial charge on any atom is 0.123 e. The predicted octanol–water partition coefficient (Wildman–Crippen LogP) is 2.57. The van der Waals surface area contributed by atoms with Crippen LogP contribution in [-0.4, -0.2) is 31.1 Å². The van der Waals surface area contributed by atoms with Gasteiger partial charge in [0.25, 0.3) is 0 Å². The normalized spacial score (nSPS) is 20.4. The van der Waals surface area contributed by atoms with Crippen LogP contribution in [0.1, 0.15) is 31.4 Å². The van der Waals surface area contributed by atoms with E-state index in [1.807, 2.05) is 12.1 Å². The standard InChI is InChI=1S/C14H21FN2/c1-11(12-3-5-13(15)6-4-12)16-14-7-9-17(2)10-8-14/h3-6,11,14,16H,7-10H2,1-2H3/t11-/m1/s1. The lowest BCUT2D eigenvalue weighted by Gasteiger charge is -2.31. The van der Waals surface area contributed by atoms with Crippen LogP contribution in [0.5, 0.6) is 0 Å². The summed E-state index contributed by atoms with van der Waals surface area (Å²) in [7, 11) is 2.17. The van der Waals surface area contributed by atoms with Gasteiger partial charge in [0.05, 0.1) is 0 Å². The number of rotatable bonds is 3. The number of piperidine rings is 1. The minimum absolute atomic E-state index is 0.166. The second kappa shape index (κ2) is 5.61. The Bertz CT molecular complexity index is 342. The fourth-order valence-corrected chi connectivity index (χ4v) is 2.38. The summed E-state index contributed by atoms with van der Waals surface area (Å²) in [5.74, 6) is -0.166. The lowest BCUT2D eigenvalue weighted by Crippen LogP contribution is -2.41. The van der Waals surface area contributed by atoms with Gasteiger partial charge in [-0.15, -0.1) is 0 Å². The van der Waals surface area contributed by atoms with Gasteiger partial charge in [-0.25, -0.2) is 4.39 Å². The summed E-state index contributed by atoms with van der Waals surface area (Å²) in [6, 6.07) is 7.67. The van der Waals surface area contributed by atoms with Crippen molar-refractivity contribution < 1.29 is 4.39 Å². The van der Waals surface area contributed by atoms with Crippen LogP contribution in [0.25, 0.3) is 0 Å². The van der Waals surface area contributed by atoms with Crippen LogP contribution in [0.15, 0.2) is 24.3 Å². The summed E-state index contributed by atoms with van der Waals surface area (Å²) < 4.78 is 12.8. The molecule has 0 aromatic heterocycles. The molecule has 1 aromatic carbocycles. The lowest BCUT2D eigenvalue weighted by atomic mass is 10.0. The third-order valence-corrected chi connectivity index (χ3v) is 3.57. The molecule has 0 saturated carbocycles. The van der Waals surface area contributed by atoms with Crippen molar-refractivity contribution in [3.63, 3.8) is 0 Å². The van der Waals surface area contributed by atoms with Gasteiger partial charge in [-0.3, -0.25) is 0 Å². The van der Waals surface area contributed by atoms with E-state index in [4.69, 9.17) is 0 Å². The van der Waals surface area contributed by atoms with Crippen molar-refractivity contribution in [2.45, 2.75) is 31.8 Å². The maximum atomic E-state index is 12.8. The Hall–Kier alpha value is -0.930. The van der Waals surface area contributed by atoms with Crippen LogP contribution >= 0.6 is 0 Å². The molecule has 17 heavy (non-hydrogen) atoms. The number of likely N-dealkylation sites (tertiary alicyclic amines) is 1. The molecule has 1 aromatic rings. The monoisotopic (exact) mass is 236 g/mol. The Morgan fingerprint density at radius 1 is 1.24 bits per heavy atom. The average Bonchev–Trinajstić information content (AvgIpc) is 2.33. The van der Waals surface area contributed by atoms with Crippen molar-refractivity contribution in [1.82, 2.24) is 10.2 Å². The number of hydrogen-bond donors (Lipinski definition) is 1. The first-order valence-corrected chi connectivity index (χ1v) is 6.35. The largest absolute Gasteiger partial charge is 0.307 e. The van der Waals surface area contributed by atoms with Gasteiger partial charge in [-0.2, -0.15) is 0 Å². The van der Waals surface area contributed by atoms with Gasteiger partial charge in [0.15, 0.2) is 0 Å². The summed E-state index contributed by atoms with van der Waals surface area (Å²) >= 11 is 0. The number of nitrogens with zero attached hydrogens (tertiary/aromatic N) is 1. The molecule has 0 bridgehead atoms. The van der Waals surface area contributed by atoms with Gasteiger partial charge in [-0.1, -0.05) is 12.1 Å². The van der Waals surface area contributed by atoms with E-state index in [0.29, 0.717) is 12.1 Å². The Morgan fingerprint density at radius 2 is 1.82 bits per heavy atom. The van der Waals surface area contributed by atoms with Gasteiger partial charge < -0.3 is 10.2 Å². The molecule has 1 aliphatic heterocycles. The van der Waals surface area contributed by atoms with Gasteiger partial charge in [-0.05, 0) is 57.6 Å². The molecule has 1 atom stereocenters. The zero-order valence-electron chi connectivity index (χ0n) is 10.6. The van der Waals surface area contributed by atoms with Crippen molar-refractivity contribution in [3.8, 4) is 0 Å². The molecule has 94 valence electrons. The topological polar surface area (TPSA) is 15.3 Å². The highest BCUT2D eigenvalue weighted by Crippen LogP contribution is 2.17. The Morgan fingerprint density at radius 3 is 2.41 bits per heavy atom. The maximum absolute atomic E-state index is 12.8. The Balaban J connectivity index is 1.88. The van der Waals surface area contributed by atoms with Crippen LogP contribution in [0.4, 0.5) is 4.39 Å². The Labute approximate surface area is 103 Å². The van der Waals surface area contributed by atoms with Gasteiger partial charge in [0.2, 0.25) is 0 Å². The summed E-state index contributed by atoms with van der Waals surface area (Å²) in [6.07, 6.45) is 2.39. The Kier molecular flexibility index (Phi) is 4.13. The lowest BCUT2D eigenvalue weighted by molar-refractivity contribution is 0.226. The molecule has 1 heterocycles. The molecule has 1 saturated heterocycles. The van der Waals surface area contributed by atoms with E-state index in [1.54, 1.807) is 0 Å². The van der Waals surface area contributed by atoms with E-state index in [9.17, 15) is 4.39 Å². The van der Waals surface area contributed by atoms with Crippen LogP contribution in [0.3, 0.4) is 0 Å². The summed E-state index contributed by atoms with van der Waals surface area (Å²) in [5, 5.41) is 3.63.